The normalized spacial score (nSPS) is 23.6. The molecule has 2 aromatic heterocycles. The summed E-state index contributed by atoms with van der Waals surface area (Å²) < 4.78 is 0. The number of pyridine rings is 2. The Hall–Kier alpha value is -1.78. The van der Waals surface area contributed by atoms with Gasteiger partial charge in [-0.3, -0.25) is 9.97 Å². The van der Waals surface area contributed by atoms with Gasteiger partial charge < -0.3 is 10.6 Å². The van der Waals surface area contributed by atoms with Gasteiger partial charge in [0.2, 0.25) is 0 Å². The molecule has 0 unspecified atom stereocenters. The SMILES string of the molecule is C[C@H](N[C@@H]1CCCC[C@@H]1N[C@H](C)c1ccccn1)c1ccccn1. The molecule has 0 bridgehead atoms. The lowest BCUT2D eigenvalue weighted by molar-refractivity contribution is 0.251. The van der Waals surface area contributed by atoms with Crippen LogP contribution in [-0.2, 0) is 0 Å². The molecule has 2 heterocycles. The average molecular weight is 324 g/mol. The molecule has 0 aromatic carbocycles. The molecule has 2 aromatic rings. The van der Waals surface area contributed by atoms with E-state index in [0.717, 1.165) is 11.4 Å². The van der Waals surface area contributed by atoms with Crippen LogP contribution in [0.2, 0.25) is 0 Å². The molecule has 1 aliphatic carbocycles. The lowest BCUT2D eigenvalue weighted by Crippen LogP contribution is -2.51. The summed E-state index contributed by atoms with van der Waals surface area (Å²) in [5.74, 6) is 0. The van der Waals surface area contributed by atoms with Crippen LogP contribution >= 0.6 is 0 Å². The van der Waals surface area contributed by atoms with Crippen molar-refractivity contribution in [2.24, 2.45) is 0 Å². The van der Waals surface area contributed by atoms with Crippen molar-refractivity contribution in [1.82, 2.24) is 20.6 Å². The maximum atomic E-state index is 4.48. The fourth-order valence-corrected chi connectivity index (χ4v) is 3.61. The van der Waals surface area contributed by atoms with Gasteiger partial charge in [0, 0.05) is 36.6 Å². The minimum Gasteiger partial charge on any atom is -0.304 e. The van der Waals surface area contributed by atoms with Crippen molar-refractivity contribution in [2.75, 3.05) is 0 Å². The smallest absolute Gasteiger partial charge is 0.0570 e. The van der Waals surface area contributed by atoms with Gasteiger partial charge in [0.25, 0.3) is 0 Å². The van der Waals surface area contributed by atoms with Gasteiger partial charge in [0.1, 0.15) is 0 Å². The van der Waals surface area contributed by atoms with Gasteiger partial charge in [0.15, 0.2) is 0 Å². The molecule has 4 heteroatoms. The van der Waals surface area contributed by atoms with Gasteiger partial charge in [-0.05, 0) is 51.0 Å². The van der Waals surface area contributed by atoms with Crippen LogP contribution in [0.1, 0.15) is 63.0 Å². The molecule has 4 atom stereocenters. The minimum atomic E-state index is 0.267. The summed E-state index contributed by atoms with van der Waals surface area (Å²) in [5, 5.41) is 7.59. The summed E-state index contributed by atoms with van der Waals surface area (Å²) in [6, 6.07) is 13.7. The molecule has 0 spiro atoms. The van der Waals surface area contributed by atoms with E-state index in [1.807, 2.05) is 24.5 Å². The quantitative estimate of drug-likeness (QED) is 0.849. The second kappa shape index (κ2) is 8.36. The van der Waals surface area contributed by atoms with Crippen LogP contribution in [0, 0.1) is 0 Å². The van der Waals surface area contributed by atoms with Gasteiger partial charge in [-0.25, -0.2) is 0 Å². The Morgan fingerprint density at radius 2 is 1.25 bits per heavy atom. The van der Waals surface area contributed by atoms with E-state index in [1.165, 1.54) is 25.7 Å². The highest BCUT2D eigenvalue weighted by Crippen LogP contribution is 2.24. The number of rotatable bonds is 6. The molecule has 0 saturated heterocycles. The fraction of sp³-hybridized carbons (Fsp3) is 0.500. The van der Waals surface area contributed by atoms with E-state index in [9.17, 15) is 0 Å². The first kappa shape index (κ1) is 17.1. The van der Waals surface area contributed by atoms with E-state index in [4.69, 9.17) is 0 Å². The first-order chi connectivity index (χ1) is 11.7. The molecular weight excluding hydrogens is 296 g/mol. The molecule has 2 N–H and O–H groups in total. The predicted octanol–water partition coefficient (Wildman–Crippen LogP) is 3.79. The summed E-state index contributed by atoms with van der Waals surface area (Å²) in [5.41, 5.74) is 2.22. The first-order valence-electron chi connectivity index (χ1n) is 9.08. The Bertz CT molecular complexity index is 546. The molecule has 0 aliphatic heterocycles. The van der Waals surface area contributed by atoms with Crippen LogP contribution in [0.25, 0.3) is 0 Å². The molecule has 24 heavy (non-hydrogen) atoms. The molecule has 4 nitrogen and oxygen atoms in total. The van der Waals surface area contributed by atoms with Gasteiger partial charge in [-0.1, -0.05) is 25.0 Å². The third-order valence-electron chi connectivity index (χ3n) is 4.96. The Morgan fingerprint density at radius 1 is 0.792 bits per heavy atom. The first-order valence-corrected chi connectivity index (χ1v) is 9.08. The summed E-state index contributed by atoms with van der Waals surface area (Å²) in [6.45, 7) is 4.41. The van der Waals surface area contributed by atoms with Gasteiger partial charge in [-0.15, -0.1) is 0 Å². The van der Waals surface area contributed by atoms with E-state index >= 15 is 0 Å². The molecule has 128 valence electrons. The van der Waals surface area contributed by atoms with Gasteiger partial charge >= 0.3 is 0 Å². The van der Waals surface area contributed by atoms with Crippen molar-refractivity contribution in [3.05, 3.63) is 60.2 Å². The summed E-state index contributed by atoms with van der Waals surface area (Å²) in [4.78, 5) is 8.97. The maximum Gasteiger partial charge on any atom is 0.0570 e. The van der Waals surface area contributed by atoms with Crippen molar-refractivity contribution < 1.29 is 0 Å². The van der Waals surface area contributed by atoms with Crippen LogP contribution in [0.4, 0.5) is 0 Å². The highest BCUT2D eigenvalue weighted by molar-refractivity contribution is 5.10. The second-order valence-electron chi connectivity index (χ2n) is 6.78. The Labute approximate surface area is 145 Å². The van der Waals surface area contributed by atoms with Crippen LogP contribution in [-0.4, -0.2) is 22.1 Å². The van der Waals surface area contributed by atoms with Crippen LogP contribution in [0.3, 0.4) is 0 Å². The van der Waals surface area contributed by atoms with E-state index in [0.29, 0.717) is 12.1 Å². The number of nitrogens with zero attached hydrogens (tertiary/aromatic N) is 2. The molecule has 3 rings (SSSR count). The largest absolute Gasteiger partial charge is 0.304 e. The Balaban J connectivity index is 1.63. The lowest BCUT2D eigenvalue weighted by atomic mass is 9.89. The zero-order chi connectivity index (χ0) is 16.8. The van der Waals surface area contributed by atoms with Crippen LogP contribution in [0.5, 0.6) is 0 Å². The van der Waals surface area contributed by atoms with Crippen molar-refractivity contribution in [2.45, 2.75) is 63.7 Å². The zero-order valence-electron chi connectivity index (χ0n) is 14.7. The monoisotopic (exact) mass is 324 g/mol. The molecular formula is C20H28N4. The summed E-state index contributed by atoms with van der Waals surface area (Å²) in [6.07, 6.45) is 8.75. The second-order valence-corrected chi connectivity index (χ2v) is 6.78. The Morgan fingerprint density at radius 3 is 1.62 bits per heavy atom. The average Bonchev–Trinajstić information content (AvgIpc) is 2.64. The minimum absolute atomic E-state index is 0.267. The number of nitrogens with one attached hydrogen (secondary N) is 2. The highest BCUT2D eigenvalue weighted by atomic mass is 15.1. The summed E-state index contributed by atoms with van der Waals surface area (Å²) in [7, 11) is 0. The van der Waals surface area contributed by atoms with Crippen molar-refractivity contribution in [3.8, 4) is 0 Å². The van der Waals surface area contributed by atoms with Crippen molar-refractivity contribution >= 4 is 0 Å². The fourth-order valence-electron chi connectivity index (χ4n) is 3.61. The van der Waals surface area contributed by atoms with Gasteiger partial charge in [0.05, 0.1) is 11.4 Å². The third kappa shape index (κ3) is 4.40. The van der Waals surface area contributed by atoms with E-state index in [1.54, 1.807) is 0 Å². The maximum absolute atomic E-state index is 4.48. The van der Waals surface area contributed by atoms with Crippen molar-refractivity contribution in [3.63, 3.8) is 0 Å². The van der Waals surface area contributed by atoms with Crippen LogP contribution < -0.4 is 10.6 Å². The van der Waals surface area contributed by atoms with Crippen LogP contribution in [0.15, 0.2) is 48.8 Å². The standard InChI is InChI=1S/C20H28N4/c1-15(17-9-5-7-13-21-17)23-19-11-3-4-12-20(19)24-16(2)18-10-6-8-14-22-18/h5-10,13-16,19-20,23-24H,3-4,11-12H2,1-2H3/t15-,16+,19+,20-. The predicted molar refractivity (Wildman–Crippen MR) is 97.6 cm³/mol. The number of hydrogen-bond acceptors (Lipinski definition) is 4. The molecule has 1 saturated carbocycles. The molecule has 0 radical (unpaired) electrons. The molecule has 1 fully saturated rings. The van der Waals surface area contributed by atoms with Crippen molar-refractivity contribution in [1.29, 1.82) is 0 Å². The molecule has 0 amide bonds. The van der Waals surface area contributed by atoms with E-state index < -0.39 is 0 Å². The van der Waals surface area contributed by atoms with E-state index in [-0.39, 0.29) is 12.1 Å². The zero-order valence-corrected chi connectivity index (χ0v) is 14.7. The summed E-state index contributed by atoms with van der Waals surface area (Å²) >= 11 is 0. The number of aromatic nitrogens is 2. The molecule has 1 aliphatic rings. The van der Waals surface area contributed by atoms with E-state index in [2.05, 4.69) is 58.7 Å². The lowest BCUT2D eigenvalue weighted by Gasteiger charge is -2.36. The highest BCUT2D eigenvalue weighted by Gasteiger charge is 2.28. The van der Waals surface area contributed by atoms with Gasteiger partial charge in [-0.2, -0.15) is 0 Å². The topological polar surface area (TPSA) is 49.8 Å². The number of hydrogen-bond donors (Lipinski definition) is 2. The Kier molecular flexibility index (Phi) is 5.94. The third-order valence-corrected chi connectivity index (χ3v) is 4.96.